The Morgan fingerprint density at radius 1 is 0.780 bits per heavy atom. The van der Waals surface area contributed by atoms with E-state index in [0.29, 0.717) is 30.8 Å². The van der Waals surface area contributed by atoms with Gasteiger partial charge in [0.1, 0.15) is 24.7 Å². The van der Waals surface area contributed by atoms with Gasteiger partial charge >= 0.3 is 17.9 Å². The zero-order valence-corrected chi connectivity index (χ0v) is 24.8. The molecule has 0 saturated carbocycles. The number of carbonyl (C=O) groups is 3. The van der Waals surface area contributed by atoms with Crippen LogP contribution in [0.2, 0.25) is 0 Å². The lowest BCUT2D eigenvalue weighted by molar-refractivity contribution is -0.148. The van der Waals surface area contributed by atoms with Crippen LogP contribution in [-0.2, 0) is 33.3 Å². The zero-order valence-electron chi connectivity index (χ0n) is 23.2. The van der Waals surface area contributed by atoms with Gasteiger partial charge in [0.2, 0.25) is 0 Å². The van der Waals surface area contributed by atoms with E-state index in [0.717, 1.165) is 34.4 Å². The molecule has 0 fully saturated rings. The Hall–Kier alpha value is -3.19. The molecule has 224 valence electrons. The molecule has 0 heterocycles. The lowest BCUT2D eigenvalue weighted by atomic mass is 10.1. The standard InChI is InChI=1S/C29H36O10S2/c1-4-28(32)38-21(17-34-13-15-40-2)19-36-25-9-10-26(24-8-6-5-7-23(24)25)37-20-22(18-35-14-16-41-3)39-29(33)12-11-27(30)31/h4-12,21-22H,1,13-20H2,2-3H3,(H,30,31)/b12-11-. The van der Waals surface area contributed by atoms with Crippen molar-refractivity contribution in [2.75, 3.05) is 63.7 Å². The Morgan fingerprint density at radius 2 is 1.27 bits per heavy atom. The van der Waals surface area contributed by atoms with E-state index in [1.54, 1.807) is 35.7 Å². The summed E-state index contributed by atoms with van der Waals surface area (Å²) < 4.78 is 34.0. The van der Waals surface area contributed by atoms with Crippen LogP contribution >= 0.6 is 23.5 Å². The van der Waals surface area contributed by atoms with Crippen molar-refractivity contribution in [3.63, 3.8) is 0 Å². The minimum absolute atomic E-state index is 0.0247. The number of ether oxygens (including phenoxy) is 6. The van der Waals surface area contributed by atoms with Crippen LogP contribution in [-0.4, -0.2) is 98.9 Å². The molecule has 0 bridgehead atoms. The highest BCUT2D eigenvalue weighted by Crippen LogP contribution is 2.33. The molecule has 41 heavy (non-hydrogen) atoms. The minimum atomic E-state index is -1.26. The Balaban J connectivity index is 2.13. The van der Waals surface area contributed by atoms with Crippen LogP contribution in [0.1, 0.15) is 0 Å². The van der Waals surface area contributed by atoms with Gasteiger partial charge in [-0.15, -0.1) is 0 Å². The van der Waals surface area contributed by atoms with Crippen molar-refractivity contribution in [2.45, 2.75) is 12.2 Å². The molecule has 0 aromatic heterocycles. The first kappa shape index (κ1) is 34.0. The summed E-state index contributed by atoms with van der Waals surface area (Å²) in [6.07, 6.45) is 5.17. The molecule has 10 nitrogen and oxygen atoms in total. The number of thioether (sulfide) groups is 2. The smallest absolute Gasteiger partial charge is 0.331 e. The average molecular weight is 609 g/mol. The fourth-order valence-corrected chi connectivity index (χ4v) is 3.93. The van der Waals surface area contributed by atoms with Crippen LogP contribution in [0.5, 0.6) is 11.5 Å². The van der Waals surface area contributed by atoms with Gasteiger partial charge in [-0.3, -0.25) is 0 Å². The summed E-state index contributed by atoms with van der Waals surface area (Å²) in [5.41, 5.74) is 0. The number of rotatable bonds is 21. The van der Waals surface area contributed by atoms with Crippen LogP contribution in [0.4, 0.5) is 0 Å². The van der Waals surface area contributed by atoms with Gasteiger partial charge in [0.05, 0.1) is 26.4 Å². The first-order valence-electron chi connectivity index (χ1n) is 12.7. The molecule has 1 N–H and O–H groups in total. The third-order valence-electron chi connectivity index (χ3n) is 5.26. The predicted octanol–water partition coefficient (Wildman–Crippen LogP) is 4.01. The molecule has 0 aliphatic heterocycles. The van der Waals surface area contributed by atoms with E-state index < -0.39 is 30.1 Å². The summed E-state index contributed by atoms with van der Waals surface area (Å²) in [5, 5.41) is 10.3. The number of carbonyl (C=O) groups excluding carboxylic acids is 2. The van der Waals surface area contributed by atoms with Crippen molar-refractivity contribution in [1.29, 1.82) is 0 Å². The summed E-state index contributed by atoms with van der Waals surface area (Å²) in [6.45, 7) is 4.73. The van der Waals surface area contributed by atoms with E-state index in [4.69, 9.17) is 33.5 Å². The molecule has 2 aromatic rings. The van der Waals surface area contributed by atoms with Gasteiger partial charge in [0.25, 0.3) is 0 Å². The number of fused-ring (bicyclic) bond motifs is 1. The molecule has 2 unspecified atom stereocenters. The van der Waals surface area contributed by atoms with Crippen molar-refractivity contribution in [2.24, 2.45) is 0 Å². The Labute approximate surface area is 248 Å². The Morgan fingerprint density at radius 3 is 1.71 bits per heavy atom. The maximum Gasteiger partial charge on any atom is 0.331 e. The third-order valence-corrected chi connectivity index (χ3v) is 6.41. The predicted molar refractivity (Wildman–Crippen MR) is 160 cm³/mol. The van der Waals surface area contributed by atoms with Gasteiger partial charge in [-0.1, -0.05) is 30.8 Å². The fraction of sp³-hybridized carbons (Fsp3) is 0.414. The van der Waals surface area contributed by atoms with Crippen molar-refractivity contribution < 1.29 is 47.9 Å². The first-order chi connectivity index (χ1) is 19.9. The second-order valence-electron chi connectivity index (χ2n) is 8.36. The molecule has 2 aromatic carbocycles. The molecule has 0 aliphatic rings. The van der Waals surface area contributed by atoms with Gasteiger partial charge in [0.15, 0.2) is 12.2 Å². The topological polar surface area (TPSA) is 127 Å². The second-order valence-corrected chi connectivity index (χ2v) is 10.3. The normalized spacial score (nSPS) is 12.5. The molecule has 0 saturated heterocycles. The summed E-state index contributed by atoms with van der Waals surface area (Å²) >= 11 is 3.27. The third kappa shape index (κ3) is 13.3. The number of aliphatic carboxylic acids is 1. The number of benzene rings is 2. The average Bonchev–Trinajstić information content (AvgIpc) is 2.97. The van der Waals surface area contributed by atoms with Gasteiger partial charge in [-0.25, -0.2) is 14.4 Å². The van der Waals surface area contributed by atoms with Crippen molar-refractivity contribution in [1.82, 2.24) is 0 Å². The molecular weight excluding hydrogens is 572 g/mol. The van der Waals surface area contributed by atoms with E-state index in [1.807, 2.05) is 36.8 Å². The molecular formula is C29H36O10S2. The van der Waals surface area contributed by atoms with Crippen LogP contribution in [0.3, 0.4) is 0 Å². The van der Waals surface area contributed by atoms with Crippen LogP contribution in [0.15, 0.2) is 61.2 Å². The highest BCUT2D eigenvalue weighted by atomic mass is 32.2. The molecule has 2 atom stereocenters. The molecule has 2 rings (SSSR count). The number of carboxylic acid groups (broad SMARTS) is 1. The Kier molecular flexibility index (Phi) is 16.4. The molecule has 12 heteroatoms. The monoisotopic (exact) mass is 608 g/mol. The minimum Gasteiger partial charge on any atom is -0.489 e. The van der Waals surface area contributed by atoms with Crippen LogP contribution < -0.4 is 9.47 Å². The SMILES string of the molecule is C=CC(=O)OC(COCCSC)COc1ccc(OCC(COCCSC)OC(=O)/C=C\C(=O)O)c2ccccc12. The maximum atomic E-state index is 12.1. The number of esters is 2. The van der Waals surface area contributed by atoms with Crippen molar-refractivity contribution in [3.05, 3.63) is 61.2 Å². The first-order valence-corrected chi connectivity index (χ1v) is 15.5. The largest absolute Gasteiger partial charge is 0.489 e. The summed E-state index contributed by atoms with van der Waals surface area (Å²) in [5.74, 6) is 0.0302. The Bertz CT molecular complexity index is 1150. The van der Waals surface area contributed by atoms with Gasteiger partial charge in [0, 0.05) is 40.5 Å². The highest BCUT2D eigenvalue weighted by Gasteiger charge is 2.18. The van der Waals surface area contributed by atoms with E-state index >= 15 is 0 Å². The van der Waals surface area contributed by atoms with Gasteiger partial charge in [-0.05, 0) is 24.6 Å². The summed E-state index contributed by atoms with van der Waals surface area (Å²) in [4.78, 5) is 34.6. The number of hydrogen-bond acceptors (Lipinski definition) is 11. The fourth-order valence-electron chi connectivity index (χ4n) is 3.36. The van der Waals surface area contributed by atoms with Crippen molar-refractivity contribution in [3.8, 4) is 11.5 Å². The quantitative estimate of drug-likeness (QED) is 0.125. The van der Waals surface area contributed by atoms with Gasteiger partial charge in [-0.2, -0.15) is 23.5 Å². The van der Waals surface area contributed by atoms with E-state index in [1.165, 1.54) is 0 Å². The van der Waals surface area contributed by atoms with Crippen LogP contribution in [0.25, 0.3) is 10.8 Å². The number of hydrogen-bond donors (Lipinski definition) is 1. The van der Waals surface area contributed by atoms with Gasteiger partial charge < -0.3 is 33.5 Å². The maximum absolute atomic E-state index is 12.1. The molecule has 0 radical (unpaired) electrons. The van der Waals surface area contributed by atoms with Crippen LogP contribution in [0, 0.1) is 0 Å². The molecule has 0 aliphatic carbocycles. The van der Waals surface area contributed by atoms with E-state index in [9.17, 15) is 14.4 Å². The lowest BCUT2D eigenvalue weighted by Crippen LogP contribution is -2.30. The second kappa shape index (κ2) is 19.8. The number of carboxylic acids is 1. The highest BCUT2D eigenvalue weighted by molar-refractivity contribution is 7.98. The van der Waals surface area contributed by atoms with E-state index in [-0.39, 0.29) is 26.4 Å². The molecule has 0 amide bonds. The zero-order chi connectivity index (χ0) is 29.9. The van der Waals surface area contributed by atoms with E-state index in [2.05, 4.69) is 6.58 Å². The van der Waals surface area contributed by atoms with Crippen molar-refractivity contribution >= 4 is 52.2 Å². The summed E-state index contributed by atoms with van der Waals surface area (Å²) in [7, 11) is 0. The molecule has 0 spiro atoms. The summed E-state index contributed by atoms with van der Waals surface area (Å²) in [6, 6.07) is 10.9. The lowest BCUT2D eigenvalue weighted by Gasteiger charge is -2.20.